The Labute approximate surface area is 231 Å². The molecule has 6 rings (SSSR count). The van der Waals surface area contributed by atoms with Gasteiger partial charge in [-0.05, 0) is 75.8 Å². The normalized spacial score (nSPS) is 18.8. The van der Waals surface area contributed by atoms with Crippen molar-refractivity contribution in [3.05, 3.63) is 71.2 Å². The van der Waals surface area contributed by atoms with Crippen LogP contribution in [0.1, 0.15) is 40.9 Å². The standard InChI is InChI=1S/C30H31N5O3S/c1-18-17-20(38-19-9-5-4-6-10-19)13-14-22(18)35-24-15-16-31-29-25(24)26(33-30(35)37)27(39-29)28(36)32-21-11-7-8-12-23(21)34(2)3/h4-6,9-10,13-17,21,23H,7-8,11-12H2,1-3H3,(H,32,36)(H,33,37)/t21-,23+/m0/s1. The number of pyridine rings is 1. The number of carbonyl (C=O) groups is 2. The van der Waals surface area contributed by atoms with Gasteiger partial charge in [-0.15, -0.1) is 11.3 Å². The maximum Gasteiger partial charge on any atom is 0.331 e. The van der Waals surface area contributed by atoms with Crippen molar-refractivity contribution in [1.29, 1.82) is 0 Å². The van der Waals surface area contributed by atoms with Crippen LogP contribution in [0.4, 0.5) is 21.9 Å². The fourth-order valence-electron chi connectivity index (χ4n) is 5.68. The van der Waals surface area contributed by atoms with Gasteiger partial charge in [0.25, 0.3) is 5.91 Å². The third-order valence-corrected chi connectivity index (χ3v) is 8.65. The molecule has 2 aliphatic rings. The Morgan fingerprint density at radius 1 is 1.08 bits per heavy atom. The van der Waals surface area contributed by atoms with Gasteiger partial charge in [0, 0.05) is 18.3 Å². The summed E-state index contributed by atoms with van der Waals surface area (Å²) >= 11 is 1.32. The van der Waals surface area contributed by atoms with E-state index in [1.807, 2.05) is 61.5 Å². The maximum absolute atomic E-state index is 13.6. The van der Waals surface area contributed by atoms with Gasteiger partial charge in [0.15, 0.2) is 0 Å². The number of benzene rings is 2. The summed E-state index contributed by atoms with van der Waals surface area (Å²) in [5, 5.41) is 7.05. The third-order valence-electron chi connectivity index (χ3n) is 7.55. The highest BCUT2D eigenvalue weighted by Crippen LogP contribution is 2.46. The van der Waals surface area contributed by atoms with E-state index >= 15 is 0 Å². The summed E-state index contributed by atoms with van der Waals surface area (Å²) in [7, 11) is 4.12. The minimum atomic E-state index is -0.314. The molecule has 0 radical (unpaired) electrons. The van der Waals surface area contributed by atoms with E-state index in [1.165, 1.54) is 17.8 Å². The molecule has 2 aromatic carbocycles. The lowest BCUT2D eigenvalue weighted by Crippen LogP contribution is -2.51. The molecule has 1 saturated carbocycles. The number of hydrogen-bond acceptors (Lipinski definition) is 6. The summed E-state index contributed by atoms with van der Waals surface area (Å²) in [6.45, 7) is 1.95. The van der Waals surface area contributed by atoms with E-state index in [4.69, 9.17) is 4.74 Å². The second-order valence-electron chi connectivity index (χ2n) is 10.3. The van der Waals surface area contributed by atoms with Crippen molar-refractivity contribution in [2.75, 3.05) is 24.3 Å². The summed E-state index contributed by atoms with van der Waals surface area (Å²) in [5.74, 6) is 1.27. The predicted octanol–water partition coefficient (Wildman–Crippen LogP) is 6.68. The Morgan fingerprint density at radius 2 is 1.87 bits per heavy atom. The number of rotatable bonds is 6. The molecule has 39 heavy (non-hydrogen) atoms. The molecule has 4 aromatic rings. The van der Waals surface area contributed by atoms with E-state index in [0.29, 0.717) is 32.9 Å². The second-order valence-corrected chi connectivity index (χ2v) is 11.3. The summed E-state index contributed by atoms with van der Waals surface area (Å²) in [5.41, 5.74) is 2.86. The van der Waals surface area contributed by atoms with Crippen molar-refractivity contribution in [2.45, 2.75) is 44.7 Å². The molecule has 1 aliphatic heterocycles. The zero-order valence-corrected chi connectivity index (χ0v) is 23.0. The molecule has 9 heteroatoms. The fourth-order valence-corrected chi connectivity index (χ4v) is 6.70. The molecular weight excluding hydrogens is 510 g/mol. The molecule has 0 bridgehead atoms. The average Bonchev–Trinajstić information content (AvgIpc) is 3.30. The van der Waals surface area contributed by atoms with Gasteiger partial charge < -0.3 is 20.3 Å². The lowest BCUT2D eigenvalue weighted by atomic mass is 9.89. The maximum atomic E-state index is 13.6. The molecule has 0 spiro atoms. The molecule has 2 aromatic heterocycles. The number of nitrogens with zero attached hydrogens (tertiary/aromatic N) is 3. The van der Waals surface area contributed by atoms with Crippen LogP contribution in [-0.2, 0) is 0 Å². The van der Waals surface area contributed by atoms with Crippen molar-refractivity contribution < 1.29 is 14.3 Å². The molecule has 1 fully saturated rings. The molecule has 2 N–H and O–H groups in total. The van der Waals surface area contributed by atoms with Crippen LogP contribution in [0.2, 0.25) is 0 Å². The first-order chi connectivity index (χ1) is 18.9. The van der Waals surface area contributed by atoms with Gasteiger partial charge in [-0.25, -0.2) is 9.78 Å². The van der Waals surface area contributed by atoms with Crippen LogP contribution >= 0.6 is 11.3 Å². The molecule has 1 aliphatic carbocycles. The minimum Gasteiger partial charge on any atom is -0.457 e. The summed E-state index contributed by atoms with van der Waals surface area (Å²) in [6.07, 6.45) is 5.96. The zero-order valence-electron chi connectivity index (χ0n) is 22.2. The smallest absolute Gasteiger partial charge is 0.331 e. The number of para-hydroxylation sites is 1. The first-order valence-corrected chi connectivity index (χ1v) is 14.1. The van der Waals surface area contributed by atoms with Gasteiger partial charge in [-0.2, -0.15) is 0 Å². The van der Waals surface area contributed by atoms with Crippen molar-refractivity contribution in [1.82, 2.24) is 15.2 Å². The number of amides is 3. The number of anilines is 3. The van der Waals surface area contributed by atoms with Gasteiger partial charge in [-0.1, -0.05) is 31.0 Å². The van der Waals surface area contributed by atoms with Gasteiger partial charge >= 0.3 is 6.03 Å². The van der Waals surface area contributed by atoms with E-state index in [1.54, 1.807) is 11.1 Å². The number of likely N-dealkylation sites (N-methyl/N-ethyl adjacent to an activating group) is 1. The molecule has 2 atom stereocenters. The predicted molar refractivity (Wildman–Crippen MR) is 156 cm³/mol. The number of ether oxygens (including phenoxy) is 1. The Balaban J connectivity index is 1.32. The van der Waals surface area contributed by atoms with Crippen molar-refractivity contribution in [2.24, 2.45) is 0 Å². The first kappa shape index (κ1) is 25.3. The lowest BCUT2D eigenvalue weighted by molar-refractivity contribution is 0.0888. The van der Waals surface area contributed by atoms with Crippen molar-refractivity contribution in [3.8, 4) is 11.5 Å². The number of aryl methyl sites for hydroxylation is 1. The number of nitrogens with one attached hydrogen (secondary N) is 2. The van der Waals surface area contributed by atoms with Crippen LogP contribution in [0.15, 0.2) is 60.8 Å². The summed E-state index contributed by atoms with van der Waals surface area (Å²) in [4.78, 5) is 36.7. The number of carbonyl (C=O) groups excluding carboxylic acids is 2. The first-order valence-electron chi connectivity index (χ1n) is 13.2. The molecular formula is C30H31N5O3S. The summed E-state index contributed by atoms with van der Waals surface area (Å²) in [6, 6.07) is 17.1. The van der Waals surface area contributed by atoms with Crippen LogP contribution in [0.5, 0.6) is 11.5 Å². The van der Waals surface area contributed by atoms with Crippen LogP contribution in [0.3, 0.4) is 0 Å². The quantitative estimate of drug-likeness (QED) is 0.284. The Bertz CT molecular complexity index is 1550. The Kier molecular flexibility index (Phi) is 6.70. The number of thiophene rings is 1. The average molecular weight is 542 g/mol. The molecule has 0 unspecified atom stereocenters. The van der Waals surface area contributed by atoms with E-state index in [-0.39, 0.29) is 18.0 Å². The van der Waals surface area contributed by atoms with Gasteiger partial charge in [0.1, 0.15) is 21.2 Å². The fraction of sp³-hybridized carbons (Fsp3) is 0.300. The van der Waals surface area contributed by atoms with Gasteiger partial charge in [0.2, 0.25) is 0 Å². The Hall–Kier alpha value is -3.95. The highest BCUT2D eigenvalue weighted by Gasteiger charge is 2.35. The molecule has 0 saturated heterocycles. The van der Waals surface area contributed by atoms with Crippen LogP contribution in [0.25, 0.3) is 10.2 Å². The Morgan fingerprint density at radius 3 is 2.64 bits per heavy atom. The SMILES string of the molecule is Cc1cc(Oc2ccccc2)ccc1N1C(=O)Nc2c(C(=O)N[C@H]3CCCC[C@H]3N(C)C)sc3nccc1c23. The number of hydrogen-bond donors (Lipinski definition) is 2. The van der Waals surface area contributed by atoms with E-state index < -0.39 is 0 Å². The van der Waals surface area contributed by atoms with Crippen molar-refractivity contribution in [3.63, 3.8) is 0 Å². The molecule has 200 valence electrons. The number of urea groups is 1. The monoisotopic (exact) mass is 541 g/mol. The van der Waals surface area contributed by atoms with Gasteiger partial charge in [0.05, 0.1) is 22.4 Å². The molecule has 8 nitrogen and oxygen atoms in total. The van der Waals surface area contributed by atoms with E-state index in [0.717, 1.165) is 41.6 Å². The van der Waals surface area contributed by atoms with Crippen LogP contribution in [0, 0.1) is 6.92 Å². The minimum absolute atomic E-state index is 0.0705. The highest BCUT2D eigenvalue weighted by molar-refractivity contribution is 7.21. The van der Waals surface area contributed by atoms with E-state index in [2.05, 4.69) is 34.6 Å². The lowest BCUT2D eigenvalue weighted by Gasteiger charge is -2.36. The zero-order chi connectivity index (χ0) is 27.1. The third kappa shape index (κ3) is 4.72. The largest absolute Gasteiger partial charge is 0.457 e. The van der Waals surface area contributed by atoms with E-state index in [9.17, 15) is 9.59 Å². The highest BCUT2D eigenvalue weighted by atomic mass is 32.1. The second kappa shape index (κ2) is 10.3. The molecule has 3 amide bonds. The van der Waals surface area contributed by atoms with Crippen LogP contribution < -0.4 is 20.3 Å². The van der Waals surface area contributed by atoms with Crippen molar-refractivity contribution >= 4 is 50.6 Å². The van der Waals surface area contributed by atoms with Gasteiger partial charge in [-0.3, -0.25) is 9.69 Å². The topological polar surface area (TPSA) is 86.8 Å². The van der Waals surface area contributed by atoms with Crippen LogP contribution in [-0.4, -0.2) is 48.0 Å². The summed E-state index contributed by atoms with van der Waals surface area (Å²) < 4.78 is 5.98. The number of aromatic nitrogens is 1. The molecule has 3 heterocycles.